The molecule has 1 aliphatic rings. The maximum atomic E-state index is 13.3. The average molecular weight is 948 g/mol. The quantitative estimate of drug-likeness (QED) is 0.0196. The van der Waals surface area contributed by atoms with Gasteiger partial charge in [-0.15, -0.1) is 0 Å². The SMILES string of the molecule is CCCCCCCC/C=C\C/C=C/CCC(=O)OC1C(OCC(NC(=O)C(O)CCCC/C=C\CCCCCCCC)C(O)/C=C/CCCCCCCCCCCCC)OC(CO)C(O)C1O. The molecular weight excluding hydrogens is 847 g/mol. The van der Waals surface area contributed by atoms with Gasteiger partial charge in [0, 0.05) is 6.42 Å². The van der Waals surface area contributed by atoms with E-state index in [0.29, 0.717) is 12.8 Å². The van der Waals surface area contributed by atoms with Gasteiger partial charge in [-0.1, -0.05) is 204 Å². The summed E-state index contributed by atoms with van der Waals surface area (Å²) in [6.45, 7) is 5.70. The van der Waals surface area contributed by atoms with E-state index in [4.69, 9.17) is 14.2 Å². The largest absolute Gasteiger partial charge is 0.454 e. The summed E-state index contributed by atoms with van der Waals surface area (Å²) < 4.78 is 17.4. The molecule has 8 atom stereocenters. The zero-order valence-corrected chi connectivity index (χ0v) is 42.8. The highest BCUT2D eigenvalue weighted by molar-refractivity contribution is 5.80. The minimum Gasteiger partial charge on any atom is -0.454 e. The van der Waals surface area contributed by atoms with Gasteiger partial charge in [-0.3, -0.25) is 9.59 Å². The van der Waals surface area contributed by atoms with Crippen LogP contribution in [0.2, 0.25) is 0 Å². The number of nitrogens with one attached hydrogen (secondary N) is 1. The summed E-state index contributed by atoms with van der Waals surface area (Å²) in [6.07, 6.45) is 41.8. The first-order valence-electron chi connectivity index (χ1n) is 27.4. The fourth-order valence-corrected chi connectivity index (χ4v) is 8.29. The van der Waals surface area contributed by atoms with Crippen molar-refractivity contribution in [2.45, 2.75) is 282 Å². The zero-order valence-electron chi connectivity index (χ0n) is 42.8. The van der Waals surface area contributed by atoms with Gasteiger partial charge in [0.15, 0.2) is 12.4 Å². The Bertz CT molecular complexity index is 1270. The molecule has 0 saturated carbocycles. The highest BCUT2D eigenvalue weighted by Crippen LogP contribution is 2.26. The minimum atomic E-state index is -1.64. The number of esters is 1. The monoisotopic (exact) mass is 948 g/mol. The second kappa shape index (κ2) is 44.8. The van der Waals surface area contributed by atoms with E-state index in [1.54, 1.807) is 6.08 Å². The Kier molecular flexibility index (Phi) is 41.9. The van der Waals surface area contributed by atoms with Gasteiger partial charge in [0.1, 0.15) is 24.4 Å². The molecule has 1 fully saturated rings. The first-order chi connectivity index (χ1) is 32.7. The number of allylic oxidation sites excluding steroid dienone is 7. The second-order valence-corrected chi connectivity index (χ2v) is 19.0. The lowest BCUT2D eigenvalue weighted by molar-refractivity contribution is -0.305. The van der Waals surface area contributed by atoms with E-state index < -0.39 is 67.4 Å². The zero-order chi connectivity index (χ0) is 49.0. The molecule has 1 aliphatic heterocycles. The topological polar surface area (TPSA) is 175 Å². The number of aliphatic hydroxyl groups excluding tert-OH is 5. The third-order valence-corrected chi connectivity index (χ3v) is 12.7. The highest BCUT2D eigenvalue weighted by atomic mass is 16.7. The molecule has 8 unspecified atom stereocenters. The fourth-order valence-electron chi connectivity index (χ4n) is 8.29. The predicted molar refractivity (Wildman–Crippen MR) is 273 cm³/mol. The van der Waals surface area contributed by atoms with Gasteiger partial charge in [0.05, 0.1) is 25.4 Å². The van der Waals surface area contributed by atoms with E-state index in [0.717, 1.165) is 51.4 Å². The number of amides is 1. The molecule has 6 N–H and O–H groups in total. The highest BCUT2D eigenvalue weighted by Gasteiger charge is 2.47. The van der Waals surface area contributed by atoms with Crippen LogP contribution in [0.5, 0.6) is 0 Å². The van der Waals surface area contributed by atoms with Gasteiger partial charge in [0.25, 0.3) is 0 Å². The number of rotatable bonds is 45. The predicted octanol–water partition coefficient (Wildman–Crippen LogP) is 11.7. The number of unbranched alkanes of at least 4 members (excludes halogenated alkanes) is 25. The Morgan fingerprint density at radius 3 is 1.54 bits per heavy atom. The molecule has 11 nitrogen and oxygen atoms in total. The van der Waals surface area contributed by atoms with E-state index >= 15 is 0 Å². The molecule has 1 heterocycles. The maximum Gasteiger partial charge on any atom is 0.306 e. The van der Waals surface area contributed by atoms with Gasteiger partial charge in [0.2, 0.25) is 5.91 Å². The summed E-state index contributed by atoms with van der Waals surface area (Å²) in [5.41, 5.74) is 0. The summed E-state index contributed by atoms with van der Waals surface area (Å²) in [7, 11) is 0. The van der Waals surface area contributed by atoms with Crippen molar-refractivity contribution in [1.29, 1.82) is 0 Å². The normalized spacial score (nSPS) is 20.4. The van der Waals surface area contributed by atoms with Gasteiger partial charge in [-0.05, 0) is 70.6 Å². The minimum absolute atomic E-state index is 0.0160. The van der Waals surface area contributed by atoms with E-state index in [1.807, 2.05) is 18.2 Å². The smallest absolute Gasteiger partial charge is 0.306 e. The molecule has 0 aromatic heterocycles. The number of carbonyl (C=O) groups excluding carboxylic acids is 2. The van der Waals surface area contributed by atoms with E-state index in [-0.39, 0.29) is 19.4 Å². The molecule has 0 spiro atoms. The first-order valence-corrected chi connectivity index (χ1v) is 27.4. The summed E-state index contributed by atoms with van der Waals surface area (Å²) in [4.78, 5) is 26.3. The van der Waals surface area contributed by atoms with Crippen LogP contribution in [-0.4, -0.2) is 99.6 Å². The van der Waals surface area contributed by atoms with E-state index in [2.05, 4.69) is 50.4 Å². The number of hydrogen-bond donors (Lipinski definition) is 6. The Balaban J connectivity index is 2.82. The van der Waals surface area contributed by atoms with Crippen molar-refractivity contribution >= 4 is 11.9 Å². The Morgan fingerprint density at radius 1 is 0.582 bits per heavy atom. The first kappa shape index (κ1) is 62.6. The number of ether oxygens (including phenoxy) is 3. The summed E-state index contributed by atoms with van der Waals surface area (Å²) in [5.74, 6) is -1.28. The van der Waals surface area contributed by atoms with Gasteiger partial charge >= 0.3 is 5.97 Å². The van der Waals surface area contributed by atoms with Crippen LogP contribution in [0.4, 0.5) is 0 Å². The molecule has 0 aromatic carbocycles. The molecule has 0 aliphatic carbocycles. The van der Waals surface area contributed by atoms with Crippen LogP contribution in [0.25, 0.3) is 0 Å². The Labute approximate surface area is 408 Å². The lowest BCUT2D eigenvalue weighted by Gasteiger charge is -2.41. The molecule has 1 amide bonds. The van der Waals surface area contributed by atoms with Crippen LogP contribution in [0.1, 0.15) is 233 Å². The molecule has 0 bridgehead atoms. The molecule has 1 rings (SSSR count). The third-order valence-electron chi connectivity index (χ3n) is 12.7. The van der Waals surface area contributed by atoms with Gasteiger partial charge in [-0.2, -0.15) is 0 Å². The average Bonchev–Trinajstić information content (AvgIpc) is 3.32. The van der Waals surface area contributed by atoms with Crippen LogP contribution < -0.4 is 5.32 Å². The molecule has 0 aromatic rings. The molecule has 67 heavy (non-hydrogen) atoms. The van der Waals surface area contributed by atoms with Crippen LogP contribution in [0.3, 0.4) is 0 Å². The summed E-state index contributed by atoms with van der Waals surface area (Å²) in [5, 5.41) is 56.6. The van der Waals surface area contributed by atoms with Crippen LogP contribution in [0, 0.1) is 0 Å². The van der Waals surface area contributed by atoms with Crippen molar-refractivity contribution < 1.29 is 49.3 Å². The lowest BCUT2D eigenvalue weighted by Crippen LogP contribution is -2.61. The summed E-state index contributed by atoms with van der Waals surface area (Å²) >= 11 is 0. The van der Waals surface area contributed by atoms with E-state index in [9.17, 15) is 35.1 Å². The van der Waals surface area contributed by atoms with Crippen molar-refractivity contribution in [1.82, 2.24) is 5.32 Å². The third kappa shape index (κ3) is 33.7. The van der Waals surface area contributed by atoms with E-state index in [1.165, 1.54) is 135 Å². The van der Waals surface area contributed by atoms with Gasteiger partial charge in [-0.25, -0.2) is 0 Å². The lowest BCUT2D eigenvalue weighted by atomic mass is 9.99. The number of aliphatic hydroxyl groups is 5. The van der Waals surface area contributed by atoms with Gasteiger partial charge < -0.3 is 45.1 Å². The fraction of sp³-hybridized carbons (Fsp3) is 0.821. The molecule has 0 radical (unpaired) electrons. The molecule has 11 heteroatoms. The standard InChI is InChI=1S/C56H101NO10/c1-4-7-10-13-16-19-22-25-28-30-33-36-39-42-48(59)47(57-55(64)49(60)43-40-37-34-31-27-24-21-18-15-12-9-6-3)46-65-56-54(53(63)52(62)50(45-58)66-56)67-51(61)44-41-38-35-32-29-26-23-20-17-14-11-8-5-2/h26-27,29,31,35,38-39,42,47-50,52-54,56,58-60,62-63H,4-25,28,30,32-34,36-37,40-41,43-46H2,1-3H3,(H,57,64)/b29-26-,31-27-,38-35+,42-39+. The van der Waals surface area contributed by atoms with Crippen LogP contribution in [-0.2, 0) is 23.8 Å². The number of carbonyl (C=O) groups is 2. The Hall–Kier alpha value is -2.38. The van der Waals surface area contributed by atoms with Crippen molar-refractivity contribution in [2.24, 2.45) is 0 Å². The van der Waals surface area contributed by atoms with Crippen molar-refractivity contribution in [3.8, 4) is 0 Å². The van der Waals surface area contributed by atoms with Crippen LogP contribution in [0.15, 0.2) is 48.6 Å². The van der Waals surface area contributed by atoms with Crippen molar-refractivity contribution in [2.75, 3.05) is 13.2 Å². The summed E-state index contributed by atoms with van der Waals surface area (Å²) in [6, 6.07) is -1.04. The second-order valence-electron chi connectivity index (χ2n) is 19.0. The van der Waals surface area contributed by atoms with Crippen molar-refractivity contribution in [3.63, 3.8) is 0 Å². The Morgan fingerprint density at radius 2 is 1.03 bits per heavy atom. The number of hydrogen-bond acceptors (Lipinski definition) is 10. The van der Waals surface area contributed by atoms with Crippen LogP contribution >= 0.6 is 0 Å². The molecule has 390 valence electrons. The maximum absolute atomic E-state index is 13.3. The van der Waals surface area contributed by atoms with Crippen molar-refractivity contribution in [3.05, 3.63) is 48.6 Å². The molecular formula is C56H101NO10. The molecule has 1 saturated heterocycles.